The van der Waals surface area contributed by atoms with Gasteiger partial charge in [-0.05, 0) is 30.0 Å². The van der Waals surface area contributed by atoms with Crippen LogP contribution in [-0.4, -0.2) is 19.6 Å². The van der Waals surface area contributed by atoms with Crippen LogP contribution in [0.3, 0.4) is 0 Å². The van der Waals surface area contributed by atoms with E-state index in [2.05, 4.69) is 12.2 Å². The quantitative estimate of drug-likeness (QED) is 0.762. The number of aryl methyl sites for hydroxylation is 1. The standard InChI is InChI=1S/C14H22N2O2/c1-4-11-5-6-12(8-13(11)15)16-14(17)7-10(2)9-18-3/h5-6,8,10H,4,7,9,15H2,1-3H3,(H,16,17). The molecule has 0 aromatic heterocycles. The molecule has 1 aromatic rings. The lowest BCUT2D eigenvalue weighted by atomic mass is 10.1. The second-order valence-electron chi connectivity index (χ2n) is 4.58. The summed E-state index contributed by atoms with van der Waals surface area (Å²) in [4.78, 5) is 11.8. The van der Waals surface area contributed by atoms with Crippen LogP contribution >= 0.6 is 0 Å². The van der Waals surface area contributed by atoms with Crippen molar-refractivity contribution < 1.29 is 9.53 Å². The van der Waals surface area contributed by atoms with E-state index in [-0.39, 0.29) is 11.8 Å². The van der Waals surface area contributed by atoms with E-state index in [0.29, 0.717) is 13.0 Å². The molecule has 0 aliphatic heterocycles. The molecule has 18 heavy (non-hydrogen) atoms. The number of carbonyl (C=O) groups is 1. The topological polar surface area (TPSA) is 64.3 Å². The molecule has 1 amide bonds. The molecular weight excluding hydrogens is 228 g/mol. The molecule has 0 heterocycles. The number of hydrogen-bond acceptors (Lipinski definition) is 3. The van der Waals surface area contributed by atoms with E-state index in [9.17, 15) is 4.79 Å². The van der Waals surface area contributed by atoms with Gasteiger partial charge in [-0.25, -0.2) is 0 Å². The summed E-state index contributed by atoms with van der Waals surface area (Å²) in [6.45, 7) is 4.62. The van der Waals surface area contributed by atoms with Crippen molar-refractivity contribution in [3.05, 3.63) is 23.8 Å². The van der Waals surface area contributed by atoms with Crippen LogP contribution in [0.4, 0.5) is 11.4 Å². The van der Waals surface area contributed by atoms with Gasteiger partial charge in [0.2, 0.25) is 5.91 Å². The van der Waals surface area contributed by atoms with E-state index in [1.165, 1.54) is 0 Å². The number of nitrogens with two attached hydrogens (primary N) is 1. The van der Waals surface area contributed by atoms with Gasteiger partial charge in [0, 0.05) is 31.5 Å². The molecule has 1 unspecified atom stereocenters. The highest BCUT2D eigenvalue weighted by Gasteiger charge is 2.09. The maximum absolute atomic E-state index is 11.8. The molecule has 3 N–H and O–H groups in total. The van der Waals surface area contributed by atoms with Gasteiger partial charge in [-0.2, -0.15) is 0 Å². The minimum absolute atomic E-state index is 0.0109. The number of benzene rings is 1. The second-order valence-corrected chi connectivity index (χ2v) is 4.58. The van der Waals surface area contributed by atoms with Crippen LogP contribution in [0.25, 0.3) is 0 Å². The lowest BCUT2D eigenvalue weighted by Gasteiger charge is -2.11. The summed E-state index contributed by atoms with van der Waals surface area (Å²) in [5.74, 6) is 0.200. The Bertz CT molecular complexity index is 405. The molecule has 0 aliphatic carbocycles. The van der Waals surface area contributed by atoms with Gasteiger partial charge >= 0.3 is 0 Å². The largest absolute Gasteiger partial charge is 0.398 e. The molecule has 0 fully saturated rings. The van der Waals surface area contributed by atoms with Gasteiger partial charge < -0.3 is 15.8 Å². The molecule has 0 bridgehead atoms. The average Bonchev–Trinajstić information content (AvgIpc) is 2.29. The highest BCUT2D eigenvalue weighted by molar-refractivity contribution is 5.91. The van der Waals surface area contributed by atoms with Gasteiger partial charge in [-0.1, -0.05) is 19.9 Å². The summed E-state index contributed by atoms with van der Waals surface area (Å²) in [6.07, 6.45) is 1.34. The number of nitrogen functional groups attached to an aromatic ring is 1. The lowest BCUT2D eigenvalue weighted by Crippen LogP contribution is -2.17. The summed E-state index contributed by atoms with van der Waals surface area (Å²) < 4.78 is 5.00. The molecule has 4 nitrogen and oxygen atoms in total. The second kappa shape index (κ2) is 7.01. The first-order valence-electron chi connectivity index (χ1n) is 6.24. The number of methoxy groups -OCH3 is 1. The molecule has 0 aliphatic rings. The van der Waals surface area contributed by atoms with Gasteiger partial charge in [-0.3, -0.25) is 4.79 Å². The Labute approximate surface area is 109 Å². The van der Waals surface area contributed by atoms with E-state index in [0.717, 1.165) is 23.4 Å². The van der Waals surface area contributed by atoms with Crippen molar-refractivity contribution in [1.82, 2.24) is 0 Å². The van der Waals surface area contributed by atoms with Crippen LogP contribution in [0.5, 0.6) is 0 Å². The predicted octanol–water partition coefficient (Wildman–Crippen LogP) is 2.44. The Morgan fingerprint density at radius 3 is 2.78 bits per heavy atom. The van der Waals surface area contributed by atoms with Crippen molar-refractivity contribution in [2.24, 2.45) is 5.92 Å². The summed E-state index contributed by atoms with van der Waals surface area (Å²) in [7, 11) is 1.64. The smallest absolute Gasteiger partial charge is 0.224 e. The highest BCUT2D eigenvalue weighted by atomic mass is 16.5. The Morgan fingerprint density at radius 1 is 1.50 bits per heavy atom. The highest BCUT2D eigenvalue weighted by Crippen LogP contribution is 2.19. The average molecular weight is 250 g/mol. The maximum Gasteiger partial charge on any atom is 0.224 e. The van der Waals surface area contributed by atoms with Crippen LogP contribution in [-0.2, 0) is 16.0 Å². The Balaban J connectivity index is 2.57. The number of anilines is 2. The fourth-order valence-corrected chi connectivity index (χ4v) is 1.87. The Hall–Kier alpha value is -1.55. The summed E-state index contributed by atoms with van der Waals surface area (Å²) >= 11 is 0. The number of ether oxygens (including phenoxy) is 1. The molecule has 1 rings (SSSR count). The van der Waals surface area contributed by atoms with E-state index >= 15 is 0 Å². The van der Waals surface area contributed by atoms with Gasteiger partial charge in [-0.15, -0.1) is 0 Å². The summed E-state index contributed by atoms with van der Waals surface area (Å²) in [5.41, 5.74) is 8.45. The number of hydrogen-bond donors (Lipinski definition) is 2. The lowest BCUT2D eigenvalue weighted by molar-refractivity contribution is -0.117. The van der Waals surface area contributed by atoms with Gasteiger partial charge in [0.25, 0.3) is 0 Å². The fourth-order valence-electron chi connectivity index (χ4n) is 1.87. The van der Waals surface area contributed by atoms with Crippen LogP contribution < -0.4 is 11.1 Å². The third kappa shape index (κ3) is 4.37. The normalized spacial score (nSPS) is 12.2. The third-order valence-corrected chi connectivity index (χ3v) is 2.80. The fraction of sp³-hybridized carbons (Fsp3) is 0.500. The zero-order valence-electron chi connectivity index (χ0n) is 11.3. The molecular formula is C14H22N2O2. The molecule has 0 saturated carbocycles. The predicted molar refractivity (Wildman–Crippen MR) is 74.5 cm³/mol. The molecule has 1 atom stereocenters. The Kier molecular flexibility index (Phi) is 5.65. The van der Waals surface area contributed by atoms with Crippen LogP contribution in [0.1, 0.15) is 25.8 Å². The van der Waals surface area contributed by atoms with E-state index in [1.54, 1.807) is 13.2 Å². The summed E-state index contributed by atoms with van der Waals surface area (Å²) in [6, 6.07) is 5.63. The van der Waals surface area contributed by atoms with Crippen molar-refractivity contribution in [2.45, 2.75) is 26.7 Å². The van der Waals surface area contributed by atoms with E-state index in [4.69, 9.17) is 10.5 Å². The minimum atomic E-state index is -0.0109. The molecule has 4 heteroatoms. The van der Waals surface area contributed by atoms with Gasteiger partial charge in [0.1, 0.15) is 0 Å². The zero-order valence-corrected chi connectivity index (χ0v) is 11.3. The van der Waals surface area contributed by atoms with Crippen molar-refractivity contribution in [1.29, 1.82) is 0 Å². The summed E-state index contributed by atoms with van der Waals surface area (Å²) in [5, 5.41) is 2.85. The van der Waals surface area contributed by atoms with Crippen molar-refractivity contribution in [3.8, 4) is 0 Å². The monoisotopic (exact) mass is 250 g/mol. The number of nitrogens with one attached hydrogen (secondary N) is 1. The molecule has 0 radical (unpaired) electrons. The maximum atomic E-state index is 11.8. The number of rotatable bonds is 6. The van der Waals surface area contributed by atoms with E-state index < -0.39 is 0 Å². The zero-order chi connectivity index (χ0) is 13.5. The first-order valence-corrected chi connectivity index (χ1v) is 6.24. The molecule has 100 valence electrons. The molecule has 0 saturated heterocycles. The SMILES string of the molecule is CCc1ccc(NC(=O)CC(C)COC)cc1N. The van der Waals surface area contributed by atoms with Crippen molar-refractivity contribution in [2.75, 3.05) is 24.8 Å². The number of amides is 1. The van der Waals surface area contributed by atoms with Crippen molar-refractivity contribution >= 4 is 17.3 Å². The molecule has 1 aromatic carbocycles. The first kappa shape index (κ1) is 14.5. The number of carbonyl (C=O) groups excluding carboxylic acids is 1. The van der Waals surface area contributed by atoms with Crippen LogP contribution in [0.2, 0.25) is 0 Å². The molecule has 0 spiro atoms. The van der Waals surface area contributed by atoms with Crippen molar-refractivity contribution in [3.63, 3.8) is 0 Å². The first-order chi connectivity index (χ1) is 8.56. The van der Waals surface area contributed by atoms with Crippen LogP contribution in [0.15, 0.2) is 18.2 Å². The van der Waals surface area contributed by atoms with Crippen LogP contribution in [0, 0.1) is 5.92 Å². The van der Waals surface area contributed by atoms with Gasteiger partial charge in [0.15, 0.2) is 0 Å². The van der Waals surface area contributed by atoms with E-state index in [1.807, 2.05) is 19.1 Å². The Morgan fingerprint density at radius 2 is 2.22 bits per heavy atom. The van der Waals surface area contributed by atoms with Gasteiger partial charge in [0.05, 0.1) is 0 Å². The minimum Gasteiger partial charge on any atom is -0.398 e. The third-order valence-electron chi connectivity index (χ3n) is 2.80.